The summed E-state index contributed by atoms with van der Waals surface area (Å²) in [5.74, 6) is -0.437. The maximum Gasteiger partial charge on any atom is 0.243 e. The average molecular weight is 377 g/mol. The number of benzene rings is 1. The van der Waals surface area contributed by atoms with Gasteiger partial charge in [0.1, 0.15) is 4.33 Å². The molecular formula is C15H18Cl2N2O3S. The van der Waals surface area contributed by atoms with Crippen LogP contribution in [0.4, 0.5) is 0 Å². The number of rotatable bonds is 3. The molecule has 5 nitrogen and oxygen atoms in total. The fourth-order valence-corrected chi connectivity index (χ4v) is 4.63. The monoisotopic (exact) mass is 376 g/mol. The Labute approximate surface area is 146 Å². The number of hydrogen-bond donors (Lipinski definition) is 0. The first-order valence-electron chi connectivity index (χ1n) is 7.45. The number of carbonyl (C=O) groups excluding carboxylic acids is 1. The van der Waals surface area contributed by atoms with Crippen molar-refractivity contribution in [3.05, 3.63) is 29.8 Å². The SMILES string of the molecule is Cc1ccc(S(=O)(=O)N2CCN(C(=O)C3CC3(Cl)Cl)CC2)cc1. The number of carbonyl (C=O) groups is 1. The highest BCUT2D eigenvalue weighted by atomic mass is 35.5. The molecule has 1 aliphatic carbocycles. The molecule has 1 aromatic rings. The van der Waals surface area contributed by atoms with Gasteiger partial charge in [-0.15, -0.1) is 23.2 Å². The molecule has 1 heterocycles. The van der Waals surface area contributed by atoms with E-state index in [9.17, 15) is 13.2 Å². The summed E-state index contributed by atoms with van der Waals surface area (Å²) in [4.78, 5) is 14.2. The van der Waals surface area contributed by atoms with Crippen molar-refractivity contribution in [2.45, 2.75) is 22.6 Å². The van der Waals surface area contributed by atoms with E-state index in [1.54, 1.807) is 29.2 Å². The van der Waals surface area contributed by atoms with Crippen molar-refractivity contribution in [1.82, 2.24) is 9.21 Å². The van der Waals surface area contributed by atoms with Gasteiger partial charge in [-0.2, -0.15) is 4.31 Å². The van der Waals surface area contributed by atoms with Crippen LogP contribution in [-0.2, 0) is 14.8 Å². The van der Waals surface area contributed by atoms with Crippen LogP contribution in [0.5, 0.6) is 0 Å². The Morgan fingerprint density at radius 1 is 1.13 bits per heavy atom. The van der Waals surface area contributed by atoms with Crippen molar-refractivity contribution in [3.8, 4) is 0 Å². The Balaban J connectivity index is 1.64. The number of halogens is 2. The third kappa shape index (κ3) is 3.36. The summed E-state index contributed by atoms with van der Waals surface area (Å²) in [6, 6.07) is 6.78. The van der Waals surface area contributed by atoms with Gasteiger partial charge in [-0.1, -0.05) is 17.7 Å². The van der Waals surface area contributed by atoms with Gasteiger partial charge in [-0.3, -0.25) is 4.79 Å². The second-order valence-corrected chi connectivity index (χ2v) is 9.54. The van der Waals surface area contributed by atoms with E-state index in [4.69, 9.17) is 23.2 Å². The third-order valence-corrected chi connectivity index (χ3v) is 7.08. The first-order chi connectivity index (χ1) is 10.7. The van der Waals surface area contributed by atoms with Crippen LogP contribution in [0.15, 0.2) is 29.2 Å². The quantitative estimate of drug-likeness (QED) is 0.758. The second kappa shape index (κ2) is 5.92. The molecule has 126 valence electrons. The van der Waals surface area contributed by atoms with Crippen LogP contribution < -0.4 is 0 Å². The molecule has 1 aliphatic heterocycles. The first kappa shape index (κ1) is 17.0. The minimum absolute atomic E-state index is 0.0811. The van der Waals surface area contributed by atoms with E-state index in [2.05, 4.69) is 0 Å². The molecule has 0 bridgehead atoms. The molecule has 2 aliphatic rings. The number of alkyl halides is 2. The zero-order valence-corrected chi connectivity index (χ0v) is 15.0. The van der Waals surface area contributed by atoms with Gasteiger partial charge in [0.15, 0.2) is 0 Å². The lowest BCUT2D eigenvalue weighted by Crippen LogP contribution is -2.51. The minimum Gasteiger partial charge on any atom is -0.340 e. The molecule has 0 radical (unpaired) electrons. The van der Waals surface area contributed by atoms with Crippen molar-refractivity contribution >= 4 is 39.1 Å². The number of amides is 1. The van der Waals surface area contributed by atoms with Crippen LogP contribution in [0.1, 0.15) is 12.0 Å². The van der Waals surface area contributed by atoms with Gasteiger partial charge in [0.25, 0.3) is 0 Å². The van der Waals surface area contributed by atoms with Crippen molar-refractivity contribution in [2.75, 3.05) is 26.2 Å². The van der Waals surface area contributed by atoms with Gasteiger partial charge in [0, 0.05) is 26.2 Å². The van der Waals surface area contributed by atoms with Gasteiger partial charge in [0.2, 0.25) is 15.9 Å². The number of nitrogens with zero attached hydrogens (tertiary/aromatic N) is 2. The summed E-state index contributed by atoms with van der Waals surface area (Å²) < 4.78 is 25.7. The van der Waals surface area contributed by atoms with Gasteiger partial charge in [-0.05, 0) is 25.5 Å². The fourth-order valence-electron chi connectivity index (χ4n) is 2.71. The highest BCUT2D eigenvalue weighted by Crippen LogP contribution is 2.53. The van der Waals surface area contributed by atoms with Crippen molar-refractivity contribution in [2.24, 2.45) is 5.92 Å². The Bertz CT molecular complexity index is 711. The molecular weight excluding hydrogens is 359 g/mol. The van der Waals surface area contributed by atoms with Crippen molar-refractivity contribution < 1.29 is 13.2 Å². The zero-order valence-electron chi connectivity index (χ0n) is 12.7. The zero-order chi connectivity index (χ0) is 16.8. The topological polar surface area (TPSA) is 57.7 Å². The maximum absolute atomic E-state index is 12.6. The first-order valence-corrected chi connectivity index (χ1v) is 9.65. The molecule has 1 aromatic carbocycles. The molecule has 0 aromatic heterocycles. The summed E-state index contributed by atoms with van der Waals surface area (Å²) in [5.41, 5.74) is 1.01. The highest BCUT2D eigenvalue weighted by molar-refractivity contribution is 7.89. The molecule has 1 amide bonds. The molecule has 0 spiro atoms. The molecule has 1 unspecified atom stereocenters. The summed E-state index contributed by atoms with van der Waals surface area (Å²) in [6.45, 7) is 3.21. The Hall–Kier alpha value is -0.820. The molecule has 0 N–H and O–H groups in total. The van der Waals surface area contributed by atoms with E-state index >= 15 is 0 Å². The van der Waals surface area contributed by atoms with Gasteiger partial charge >= 0.3 is 0 Å². The average Bonchev–Trinajstić information content (AvgIpc) is 3.16. The van der Waals surface area contributed by atoms with Crippen LogP contribution in [0.3, 0.4) is 0 Å². The maximum atomic E-state index is 12.6. The fraction of sp³-hybridized carbons (Fsp3) is 0.533. The molecule has 1 saturated heterocycles. The summed E-state index contributed by atoms with van der Waals surface area (Å²) in [6.07, 6.45) is 0.469. The number of aryl methyl sites for hydroxylation is 1. The largest absolute Gasteiger partial charge is 0.340 e. The van der Waals surface area contributed by atoms with Gasteiger partial charge < -0.3 is 4.90 Å². The predicted molar refractivity (Wildman–Crippen MR) is 89.1 cm³/mol. The van der Waals surface area contributed by atoms with Crippen LogP contribution in [-0.4, -0.2) is 54.0 Å². The smallest absolute Gasteiger partial charge is 0.243 e. The highest BCUT2D eigenvalue weighted by Gasteiger charge is 2.57. The molecule has 1 atom stereocenters. The summed E-state index contributed by atoms with van der Waals surface area (Å²) in [7, 11) is -3.51. The predicted octanol–water partition coefficient (Wildman–Crippen LogP) is 2.02. The number of sulfonamides is 1. The molecule has 8 heteroatoms. The standard InChI is InChI=1S/C15H18Cl2N2O3S/c1-11-2-4-12(5-3-11)23(21,22)19-8-6-18(7-9-19)14(20)13-10-15(13,16)17/h2-5,13H,6-10H2,1H3. The van der Waals surface area contributed by atoms with E-state index in [1.807, 2.05) is 6.92 Å². The molecule has 1 saturated carbocycles. The normalized spacial score (nSPS) is 24.5. The van der Waals surface area contributed by atoms with Crippen molar-refractivity contribution in [1.29, 1.82) is 0 Å². The van der Waals surface area contributed by atoms with E-state index < -0.39 is 14.4 Å². The van der Waals surface area contributed by atoms with Crippen molar-refractivity contribution in [3.63, 3.8) is 0 Å². The van der Waals surface area contributed by atoms with E-state index in [0.29, 0.717) is 19.5 Å². The lowest BCUT2D eigenvalue weighted by atomic mass is 10.2. The van der Waals surface area contributed by atoms with E-state index in [0.717, 1.165) is 5.56 Å². The number of piperazine rings is 1. The number of hydrogen-bond acceptors (Lipinski definition) is 3. The molecule has 3 rings (SSSR count). The van der Waals surface area contributed by atoms with Gasteiger partial charge in [-0.25, -0.2) is 8.42 Å². The Morgan fingerprint density at radius 2 is 1.65 bits per heavy atom. The third-order valence-electron chi connectivity index (χ3n) is 4.33. The molecule has 2 fully saturated rings. The lowest BCUT2D eigenvalue weighted by Gasteiger charge is -2.34. The van der Waals surface area contributed by atoms with E-state index in [1.165, 1.54) is 4.31 Å². The molecule has 23 heavy (non-hydrogen) atoms. The summed E-state index contributed by atoms with van der Waals surface area (Å²) >= 11 is 11.9. The van der Waals surface area contributed by atoms with E-state index in [-0.39, 0.29) is 29.8 Å². The van der Waals surface area contributed by atoms with Crippen LogP contribution in [0.2, 0.25) is 0 Å². The minimum atomic E-state index is -3.51. The Kier molecular flexibility index (Phi) is 4.38. The van der Waals surface area contributed by atoms with Gasteiger partial charge in [0.05, 0.1) is 10.8 Å². The second-order valence-electron chi connectivity index (χ2n) is 6.06. The summed E-state index contributed by atoms with van der Waals surface area (Å²) in [5, 5.41) is 0. The van der Waals surface area contributed by atoms with Crippen LogP contribution in [0, 0.1) is 12.8 Å². The lowest BCUT2D eigenvalue weighted by molar-refractivity contribution is -0.133. The van der Waals surface area contributed by atoms with Crippen LogP contribution >= 0.6 is 23.2 Å². The Morgan fingerprint density at radius 3 is 2.13 bits per heavy atom. The van der Waals surface area contributed by atoms with Crippen LogP contribution in [0.25, 0.3) is 0 Å².